The third kappa shape index (κ3) is 1.77. The number of fused-ring (bicyclic) bond motifs is 1. The molecule has 6 heteroatoms. The molecule has 2 N–H and O–H groups in total. The lowest BCUT2D eigenvalue weighted by molar-refractivity contribution is 0.443. The van der Waals surface area contributed by atoms with Crippen LogP contribution in [0.3, 0.4) is 0 Å². The third-order valence-electron chi connectivity index (χ3n) is 3.68. The molecule has 1 atom stereocenters. The van der Waals surface area contributed by atoms with Crippen LogP contribution in [0.2, 0.25) is 0 Å². The average Bonchev–Trinajstić information content (AvgIpc) is 2.87. The van der Waals surface area contributed by atoms with Crippen LogP contribution in [-0.4, -0.2) is 32.8 Å². The smallest absolute Gasteiger partial charge is 0.263 e. The maximum atomic E-state index is 11.9. The summed E-state index contributed by atoms with van der Waals surface area (Å²) in [6, 6.07) is 0.474. The number of H-pyrrole nitrogens is 2. The summed E-state index contributed by atoms with van der Waals surface area (Å²) in [4.78, 5) is 21.5. The Bertz CT molecular complexity index is 602. The maximum Gasteiger partial charge on any atom is 0.263 e. The number of nitrogens with zero attached hydrogens (tertiary/aromatic N) is 3. The highest BCUT2D eigenvalue weighted by Crippen LogP contribution is 2.23. The standard InChI is InChI=1S/C12H17N5O/c1-2-8-5-3-4-6-17(8)12-14-10-9(7-13-16-10)11(18)15-12/h7-8H,2-6H2,1H3,(H2,13,14,15,16,18). The topological polar surface area (TPSA) is 77.7 Å². The van der Waals surface area contributed by atoms with Gasteiger partial charge in [-0.2, -0.15) is 10.1 Å². The molecule has 0 radical (unpaired) electrons. The van der Waals surface area contributed by atoms with Crippen LogP contribution in [0, 0.1) is 0 Å². The van der Waals surface area contributed by atoms with Crippen molar-refractivity contribution in [3.63, 3.8) is 0 Å². The predicted octanol–water partition coefficient (Wildman–Crippen LogP) is 1.42. The number of nitrogens with one attached hydrogen (secondary N) is 2. The zero-order valence-electron chi connectivity index (χ0n) is 10.4. The quantitative estimate of drug-likeness (QED) is 0.841. The molecular formula is C12H17N5O. The number of hydrogen-bond donors (Lipinski definition) is 2. The van der Waals surface area contributed by atoms with E-state index in [0.29, 0.717) is 23.0 Å². The summed E-state index contributed by atoms with van der Waals surface area (Å²) in [5.41, 5.74) is 0.443. The van der Waals surface area contributed by atoms with Gasteiger partial charge in [0.2, 0.25) is 5.95 Å². The number of rotatable bonds is 2. The molecule has 3 rings (SSSR count). The van der Waals surface area contributed by atoms with E-state index in [9.17, 15) is 4.79 Å². The third-order valence-corrected chi connectivity index (χ3v) is 3.68. The van der Waals surface area contributed by atoms with E-state index < -0.39 is 0 Å². The molecule has 0 saturated carbocycles. The molecule has 18 heavy (non-hydrogen) atoms. The van der Waals surface area contributed by atoms with Crippen molar-refractivity contribution in [2.45, 2.75) is 38.6 Å². The molecule has 3 heterocycles. The van der Waals surface area contributed by atoms with E-state index >= 15 is 0 Å². The van der Waals surface area contributed by atoms with E-state index in [0.717, 1.165) is 19.4 Å². The van der Waals surface area contributed by atoms with Gasteiger partial charge in [0.05, 0.1) is 6.20 Å². The summed E-state index contributed by atoms with van der Waals surface area (Å²) >= 11 is 0. The molecule has 96 valence electrons. The van der Waals surface area contributed by atoms with E-state index in [1.54, 1.807) is 0 Å². The first-order valence-electron chi connectivity index (χ1n) is 6.49. The van der Waals surface area contributed by atoms with Gasteiger partial charge in [-0.1, -0.05) is 6.92 Å². The molecule has 2 aromatic heterocycles. The summed E-state index contributed by atoms with van der Waals surface area (Å²) in [5, 5.41) is 7.14. The number of aromatic nitrogens is 4. The largest absolute Gasteiger partial charge is 0.339 e. The zero-order valence-corrected chi connectivity index (χ0v) is 10.4. The molecule has 1 aliphatic rings. The molecule has 0 bridgehead atoms. The number of hydrogen-bond acceptors (Lipinski definition) is 4. The first-order chi connectivity index (χ1) is 8.79. The number of anilines is 1. The zero-order chi connectivity index (χ0) is 12.5. The lowest BCUT2D eigenvalue weighted by atomic mass is 10.0. The van der Waals surface area contributed by atoms with Crippen LogP contribution in [0.4, 0.5) is 5.95 Å². The second-order valence-electron chi connectivity index (χ2n) is 4.77. The van der Waals surface area contributed by atoms with Gasteiger partial charge in [-0.3, -0.25) is 14.9 Å². The second kappa shape index (κ2) is 4.44. The van der Waals surface area contributed by atoms with Crippen molar-refractivity contribution in [2.75, 3.05) is 11.4 Å². The van der Waals surface area contributed by atoms with Crippen LogP contribution in [-0.2, 0) is 0 Å². The Hall–Kier alpha value is -1.85. The van der Waals surface area contributed by atoms with Gasteiger partial charge in [-0.15, -0.1) is 0 Å². The Morgan fingerprint density at radius 3 is 3.22 bits per heavy atom. The van der Waals surface area contributed by atoms with Crippen LogP contribution in [0.25, 0.3) is 11.0 Å². The van der Waals surface area contributed by atoms with Gasteiger partial charge in [0, 0.05) is 12.6 Å². The minimum absolute atomic E-state index is 0.121. The summed E-state index contributed by atoms with van der Waals surface area (Å²) in [6.45, 7) is 3.14. The van der Waals surface area contributed by atoms with E-state index in [2.05, 4.69) is 32.0 Å². The number of piperidine rings is 1. The van der Waals surface area contributed by atoms with Crippen LogP contribution in [0.5, 0.6) is 0 Å². The number of aromatic amines is 2. The SMILES string of the molecule is CCC1CCCCN1c1nc2[nH]ncc2c(=O)[nH]1. The van der Waals surface area contributed by atoms with E-state index in [1.807, 2.05) is 0 Å². The molecule has 0 aliphatic carbocycles. The summed E-state index contributed by atoms with van der Waals surface area (Å²) in [5.74, 6) is 0.670. The molecule has 1 unspecified atom stereocenters. The molecule has 1 aliphatic heterocycles. The fourth-order valence-electron chi connectivity index (χ4n) is 2.67. The first kappa shape index (κ1) is 11.3. The monoisotopic (exact) mass is 247 g/mol. The molecule has 0 amide bonds. The van der Waals surface area contributed by atoms with Crippen LogP contribution >= 0.6 is 0 Å². The Balaban J connectivity index is 2.04. The fourth-order valence-corrected chi connectivity index (χ4v) is 2.67. The average molecular weight is 247 g/mol. The van der Waals surface area contributed by atoms with Gasteiger partial charge in [0.25, 0.3) is 5.56 Å². The van der Waals surface area contributed by atoms with E-state index in [1.165, 1.54) is 19.0 Å². The molecule has 1 saturated heterocycles. The van der Waals surface area contributed by atoms with Crippen LogP contribution in [0.1, 0.15) is 32.6 Å². The van der Waals surface area contributed by atoms with E-state index in [4.69, 9.17) is 0 Å². The highest BCUT2D eigenvalue weighted by molar-refractivity contribution is 5.73. The van der Waals surface area contributed by atoms with Crippen molar-refractivity contribution in [3.8, 4) is 0 Å². The van der Waals surface area contributed by atoms with Gasteiger partial charge >= 0.3 is 0 Å². The fraction of sp³-hybridized carbons (Fsp3) is 0.583. The highest BCUT2D eigenvalue weighted by atomic mass is 16.1. The van der Waals surface area contributed by atoms with Crippen LogP contribution < -0.4 is 10.5 Å². The molecule has 6 nitrogen and oxygen atoms in total. The maximum absolute atomic E-state index is 11.9. The molecule has 0 spiro atoms. The molecule has 0 aromatic carbocycles. The van der Waals surface area contributed by atoms with Crippen molar-refractivity contribution in [1.29, 1.82) is 0 Å². The molecular weight excluding hydrogens is 230 g/mol. The Kier molecular flexibility index (Phi) is 2.77. The Morgan fingerprint density at radius 2 is 2.39 bits per heavy atom. The highest BCUT2D eigenvalue weighted by Gasteiger charge is 2.23. The van der Waals surface area contributed by atoms with Crippen molar-refractivity contribution in [1.82, 2.24) is 20.2 Å². The van der Waals surface area contributed by atoms with Gasteiger partial charge in [-0.25, -0.2) is 0 Å². The van der Waals surface area contributed by atoms with Crippen molar-refractivity contribution in [2.24, 2.45) is 0 Å². The van der Waals surface area contributed by atoms with Gasteiger partial charge in [0.15, 0.2) is 5.65 Å². The van der Waals surface area contributed by atoms with E-state index in [-0.39, 0.29) is 5.56 Å². The summed E-state index contributed by atoms with van der Waals surface area (Å²) < 4.78 is 0. The second-order valence-corrected chi connectivity index (χ2v) is 4.77. The predicted molar refractivity (Wildman–Crippen MR) is 69.8 cm³/mol. The van der Waals surface area contributed by atoms with Gasteiger partial charge < -0.3 is 4.90 Å². The molecule has 2 aromatic rings. The molecule has 1 fully saturated rings. The van der Waals surface area contributed by atoms with Gasteiger partial charge in [-0.05, 0) is 25.7 Å². The Labute approximate surface area is 104 Å². The van der Waals surface area contributed by atoms with Crippen LogP contribution in [0.15, 0.2) is 11.0 Å². The van der Waals surface area contributed by atoms with Crippen molar-refractivity contribution < 1.29 is 0 Å². The lowest BCUT2D eigenvalue weighted by Crippen LogP contribution is -2.41. The Morgan fingerprint density at radius 1 is 1.50 bits per heavy atom. The minimum Gasteiger partial charge on any atom is -0.339 e. The normalized spacial score (nSPS) is 20.5. The summed E-state index contributed by atoms with van der Waals surface area (Å²) in [7, 11) is 0. The van der Waals surface area contributed by atoms with Gasteiger partial charge in [0.1, 0.15) is 5.39 Å². The lowest BCUT2D eigenvalue weighted by Gasteiger charge is -2.35. The first-order valence-corrected chi connectivity index (χ1v) is 6.49. The minimum atomic E-state index is -0.121. The van der Waals surface area contributed by atoms with Crippen molar-refractivity contribution >= 4 is 17.0 Å². The summed E-state index contributed by atoms with van der Waals surface area (Å²) in [6.07, 6.45) is 6.16. The van der Waals surface area contributed by atoms with Crippen molar-refractivity contribution in [3.05, 3.63) is 16.6 Å².